The van der Waals surface area contributed by atoms with Crippen LogP contribution in [-0.2, 0) is 9.53 Å². The van der Waals surface area contributed by atoms with Crippen LogP contribution in [0.25, 0.3) is 0 Å². The summed E-state index contributed by atoms with van der Waals surface area (Å²) in [5.74, 6) is 0.421. The number of carbonyl (C=O) groups excluding carboxylic acids is 1. The van der Waals surface area contributed by atoms with E-state index in [1.165, 1.54) is 0 Å². The molecule has 1 fully saturated rings. The maximum atomic E-state index is 13.0. The van der Waals surface area contributed by atoms with Gasteiger partial charge in [0.1, 0.15) is 11.7 Å². The molecule has 3 atom stereocenters. The summed E-state index contributed by atoms with van der Waals surface area (Å²) in [6.45, 7) is 3.24. The second-order valence-corrected chi connectivity index (χ2v) is 7.22. The number of para-hydroxylation sites is 1. The number of thiocarbonyl (C=S) groups is 1. The van der Waals surface area contributed by atoms with Crippen LogP contribution in [0.3, 0.4) is 0 Å². The van der Waals surface area contributed by atoms with Crippen molar-refractivity contribution in [2.24, 2.45) is 5.92 Å². The molecule has 1 amide bonds. The summed E-state index contributed by atoms with van der Waals surface area (Å²) in [7, 11) is 5.22. The van der Waals surface area contributed by atoms with E-state index in [0.717, 1.165) is 17.7 Å². The lowest BCUT2D eigenvalue weighted by Gasteiger charge is -2.56. The largest absolute Gasteiger partial charge is 0.467 e. The molecule has 25 heavy (non-hydrogen) atoms. The second-order valence-electron chi connectivity index (χ2n) is 6.83. The third kappa shape index (κ3) is 2.95. The predicted octanol–water partition coefficient (Wildman–Crippen LogP) is 1.77. The zero-order valence-electron chi connectivity index (χ0n) is 15.1. The Kier molecular flexibility index (Phi) is 4.88. The monoisotopic (exact) mass is 363 g/mol. The summed E-state index contributed by atoms with van der Waals surface area (Å²) in [5.41, 5.74) is 0.135. The van der Waals surface area contributed by atoms with Crippen LogP contribution in [-0.4, -0.2) is 60.9 Å². The van der Waals surface area contributed by atoms with Crippen LogP contribution in [0.4, 0.5) is 0 Å². The van der Waals surface area contributed by atoms with Crippen molar-refractivity contribution < 1.29 is 14.3 Å². The van der Waals surface area contributed by atoms with E-state index in [2.05, 4.69) is 5.32 Å². The number of methoxy groups -OCH3 is 1. The molecule has 1 N–H and O–H groups in total. The van der Waals surface area contributed by atoms with Gasteiger partial charge in [-0.2, -0.15) is 0 Å². The number of hydrogen-bond donors (Lipinski definition) is 1. The molecule has 2 aliphatic rings. The molecule has 3 rings (SSSR count). The number of nitrogens with zero attached hydrogens (tertiary/aromatic N) is 2. The summed E-state index contributed by atoms with van der Waals surface area (Å²) in [4.78, 5) is 16.6. The molecule has 1 saturated heterocycles. The molecular weight excluding hydrogens is 338 g/mol. The molecule has 1 aromatic rings. The van der Waals surface area contributed by atoms with Gasteiger partial charge in [-0.15, -0.1) is 0 Å². The first kappa shape index (κ1) is 17.9. The zero-order valence-corrected chi connectivity index (χ0v) is 15.9. The molecule has 2 aliphatic heterocycles. The Morgan fingerprint density at radius 3 is 2.84 bits per heavy atom. The fraction of sp³-hybridized carbons (Fsp3) is 0.556. The van der Waals surface area contributed by atoms with Gasteiger partial charge in [-0.25, -0.2) is 0 Å². The first-order chi connectivity index (χ1) is 11.9. The van der Waals surface area contributed by atoms with Gasteiger partial charge in [-0.3, -0.25) is 4.79 Å². The van der Waals surface area contributed by atoms with E-state index >= 15 is 0 Å². The van der Waals surface area contributed by atoms with Gasteiger partial charge in [0, 0.05) is 39.9 Å². The number of hydrogen-bond acceptors (Lipinski definition) is 4. The van der Waals surface area contributed by atoms with Crippen LogP contribution >= 0.6 is 12.2 Å². The van der Waals surface area contributed by atoms with E-state index in [1.807, 2.05) is 36.1 Å². The van der Waals surface area contributed by atoms with Gasteiger partial charge < -0.3 is 24.6 Å². The average molecular weight is 363 g/mol. The summed E-state index contributed by atoms with van der Waals surface area (Å²) in [6.07, 6.45) is 0.798. The molecule has 0 spiro atoms. The number of rotatable bonds is 5. The Hall–Kier alpha value is -1.86. The molecule has 0 aromatic heterocycles. The van der Waals surface area contributed by atoms with Crippen LogP contribution in [0.1, 0.15) is 24.9 Å². The van der Waals surface area contributed by atoms with Gasteiger partial charge >= 0.3 is 0 Å². The van der Waals surface area contributed by atoms with Crippen LogP contribution in [0, 0.1) is 5.92 Å². The van der Waals surface area contributed by atoms with Crippen molar-refractivity contribution in [2.75, 3.05) is 34.4 Å². The molecule has 6 nitrogen and oxygen atoms in total. The van der Waals surface area contributed by atoms with Crippen molar-refractivity contribution in [1.29, 1.82) is 0 Å². The minimum atomic E-state index is -0.837. The average Bonchev–Trinajstić information content (AvgIpc) is 2.57. The zero-order chi connectivity index (χ0) is 18.2. The Labute approximate surface area is 154 Å². The van der Waals surface area contributed by atoms with Crippen molar-refractivity contribution in [2.45, 2.75) is 25.1 Å². The van der Waals surface area contributed by atoms with Crippen LogP contribution in [0.2, 0.25) is 0 Å². The number of carbonyl (C=O) groups is 1. The lowest BCUT2D eigenvalue weighted by molar-refractivity contribution is -0.161. The topological polar surface area (TPSA) is 54.0 Å². The Morgan fingerprint density at radius 1 is 1.44 bits per heavy atom. The first-order valence-electron chi connectivity index (χ1n) is 8.46. The predicted molar refractivity (Wildman–Crippen MR) is 99.3 cm³/mol. The van der Waals surface area contributed by atoms with Gasteiger partial charge in [0.25, 0.3) is 0 Å². The number of benzene rings is 1. The van der Waals surface area contributed by atoms with Gasteiger partial charge in [0.15, 0.2) is 10.8 Å². The normalized spacial score (nSPS) is 27.2. The van der Waals surface area contributed by atoms with Gasteiger partial charge in [0.05, 0.1) is 6.04 Å². The fourth-order valence-corrected chi connectivity index (χ4v) is 4.14. The van der Waals surface area contributed by atoms with Crippen LogP contribution < -0.4 is 10.1 Å². The highest BCUT2D eigenvalue weighted by Gasteiger charge is 2.58. The molecule has 2 heterocycles. The van der Waals surface area contributed by atoms with E-state index in [9.17, 15) is 4.79 Å². The minimum absolute atomic E-state index is 0.0220. The molecule has 0 radical (unpaired) electrons. The number of amides is 1. The summed E-state index contributed by atoms with van der Waals surface area (Å²) in [5, 5.41) is 3.99. The van der Waals surface area contributed by atoms with Crippen molar-refractivity contribution >= 4 is 23.2 Å². The van der Waals surface area contributed by atoms with Gasteiger partial charge in [-0.05, 0) is 31.6 Å². The molecule has 136 valence electrons. The fourth-order valence-electron chi connectivity index (χ4n) is 3.74. The number of fused-ring (bicyclic) bond motifs is 4. The lowest BCUT2D eigenvalue weighted by Crippen LogP contribution is -2.72. The lowest BCUT2D eigenvalue weighted by atomic mass is 9.78. The molecule has 7 heteroatoms. The van der Waals surface area contributed by atoms with Crippen LogP contribution in [0.5, 0.6) is 5.75 Å². The van der Waals surface area contributed by atoms with Gasteiger partial charge in [-0.1, -0.05) is 18.2 Å². The Morgan fingerprint density at radius 2 is 2.16 bits per heavy atom. The highest BCUT2D eigenvalue weighted by Crippen LogP contribution is 2.48. The van der Waals surface area contributed by atoms with Crippen molar-refractivity contribution in [1.82, 2.24) is 15.1 Å². The molecule has 0 unspecified atom stereocenters. The molecular formula is C18H25N3O3S. The molecule has 2 bridgehead atoms. The quantitative estimate of drug-likeness (QED) is 0.636. The smallest absolute Gasteiger partial charge is 0.233 e. The van der Waals surface area contributed by atoms with Crippen LogP contribution in [0.15, 0.2) is 24.3 Å². The van der Waals surface area contributed by atoms with E-state index in [4.69, 9.17) is 21.7 Å². The van der Waals surface area contributed by atoms with Crippen molar-refractivity contribution in [3.63, 3.8) is 0 Å². The third-order valence-corrected chi connectivity index (χ3v) is 5.32. The van der Waals surface area contributed by atoms with E-state index in [-0.39, 0.29) is 11.9 Å². The summed E-state index contributed by atoms with van der Waals surface area (Å²) >= 11 is 5.61. The second kappa shape index (κ2) is 6.80. The first-order valence-corrected chi connectivity index (χ1v) is 8.87. The minimum Gasteiger partial charge on any atom is -0.467 e. The Bertz CT molecular complexity index is 681. The molecule has 0 saturated carbocycles. The van der Waals surface area contributed by atoms with Gasteiger partial charge in [0.2, 0.25) is 5.91 Å². The molecule has 0 aliphatic carbocycles. The van der Waals surface area contributed by atoms with E-state index in [1.54, 1.807) is 26.1 Å². The highest BCUT2D eigenvalue weighted by atomic mass is 32.1. The maximum absolute atomic E-state index is 13.0. The third-order valence-electron chi connectivity index (χ3n) is 4.98. The van der Waals surface area contributed by atoms with E-state index < -0.39 is 11.6 Å². The Balaban J connectivity index is 2.05. The highest BCUT2D eigenvalue weighted by molar-refractivity contribution is 7.80. The standard InChI is InChI=1S/C18H25N3O3S/c1-18-14(16(22)20(2)3)15(12-8-5-6-9-13(12)24-18)19-17(25)21(18)10-7-11-23-4/h5-6,8-9,14-15H,7,10-11H2,1-4H3,(H,19,25)/t14-,15+,18+/m1/s1. The SMILES string of the molecule is COCCCN1C(=S)N[C@H]2c3ccccc3O[C@@]1(C)[C@H]2C(=O)N(C)C. The van der Waals surface area contributed by atoms with Crippen molar-refractivity contribution in [3.05, 3.63) is 29.8 Å². The number of ether oxygens (including phenoxy) is 2. The summed E-state index contributed by atoms with van der Waals surface area (Å²) < 4.78 is 11.6. The molecule has 1 aromatic carbocycles. The maximum Gasteiger partial charge on any atom is 0.233 e. The number of nitrogens with one attached hydrogen (secondary N) is 1. The van der Waals surface area contributed by atoms with E-state index in [0.29, 0.717) is 18.3 Å². The summed E-state index contributed by atoms with van der Waals surface area (Å²) in [6, 6.07) is 7.64. The van der Waals surface area contributed by atoms with Crippen molar-refractivity contribution in [3.8, 4) is 5.75 Å².